The van der Waals surface area contributed by atoms with E-state index in [-0.39, 0.29) is 40.6 Å². The molecule has 1 saturated carbocycles. The number of hydrogen-bond donors (Lipinski definition) is 2. The van der Waals surface area contributed by atoms with Gasteiger partial charge in [-0.25, -0.2) is 0 Å². The molecule has 0 aliphatic heterocycles. The maximum atomic E-state index is 11.9. The average molecular weight is 249 g/mol. The number of rotatable bonds is 3. The summed E-state index contributed by atoms with van der Waals surface area (Å²) in [7, 11) is 0. The molecule has 4 heteroatoms. The molecule has 0 radical (unpaired) electrons. The molecule has 1 aliphatic rings. The highest BCUT2D eigenvalue weighted by Crippen LogP contribution is 2.68. The number of nitrogens with one attached hydrogen (secondary N) is 1. The van der Waals surface area contributed by atoms with Gasteiger partial charge in [0.05, 0.1) is 0 Å². The Bertz CT molecular complexity index is 265. The molecule has 0 saturated heterocycles. The molecular formula is C12H25ClN2O. The SMILES string of the molecule is CC(C)(N)CNC(=O)C1C(C)(C)C1(C)C.Cl. The third-order valence-electron chi connectivity index (χ3n) is 4.00. The van der Waals surface area contributed by atoms with Gasteiger partial charge in [0.25, 0.3) is 0 Å². The lowest BCUT2D eigenvalue weighted by Crippen LogP contribution is -2.45. The van der Waals surface area contributed by atoms with Gasteiger partial charge < -0.3 is 11.1 Å². The minimum atomic E-state index is -0.334. The minimum Gasteiger partial charge on any atom is -0.354 e. The summed E-state index contributed by atoms with van der Waals surface area (Å²) in [6.07, 6.45) is 0. The topological polar surface area (TPSA) is 55.1 Å². The Morgan fingerprint density at radius 1 is 1.25 bits per heavy atom. The highest BCUT2D eigenvalue weighted by molar-refractivity contribution is 5.85. The molecule has 1 amide bonds. The standard InChI is InChI=1S/C12H24N2O.ClH/c1-10(2,13)7-14-9(15)8-11(3,4)12(8,5)6;/h8H,7,13H2,1-6H3,(H,14,15);1H. The van der Waals surface area contributed by atoms with Gasteiger partial charge >= 0.3 is 0 Å². The first-order valence-electron chi connectivity index (χ1n) is 5.57. The van der Waals surface area contributed by atoms with Crippen molar-refractivity contribution in [1.82, 2.24) is 5.32 Å². The fourth-order valence-electron chi connectivity index (χ4n) is 2.27. The second-order valence-corrected chi connectivity index (χ2v) is 6.58. The van der Waals surface area contributed by atoms with Crippen molar-refractivity contribution in [2.75, 3.05) is 6.54 Å². The van der Waals surface area contributed by atoms with Crippen molar-refractivity contribution >= 4 is 18.3 Å². The monoisotopic (exact) mass is 248 g/mol. The van der Waals surface area contributed by atoms with Crippen LogP contribution in [0, 0.1) is 16.7 Å². The number of amides is 1. The van der Waals surface area contributed by atoms with Crippen molar-refractivity contribution in [3.05, 3.63) is 0 Å². The van der Waals surface area contributed by atoms with Crippen molar-refractivity contribution in [3.63, 3.8) is 0 Å². The highest BCUT2D eigenvalue weighted by Gasteiger charge is 2.68. The smallest absolute Gasteiger partial charge is 0.224 e. The van der Waals surface area contributed by atoms with Gasteiger partial charge in [0.2, 0.25) is 5.91 Å². The van der Waals surface area contributed by atoms with E-state index in [1.165, 1.54) is 0 Å². The molecule has 0 unspecified atom stereocenters. The van der Waals surface area contributed by atoms with Gasteiger partial charge in [-0.15, -0.1) is 12.4 Å². The second-order valence-electron chi connectivity index (χ2n) is 6.58. The third-order valence-corrected chi connectivity index (χ3v) is 4.00. The number of carbonyl (C=O) groups excluding carboxylic acids is 1. The van der Waals surface area contributed by atoms with E-state index in [4.69, 9.17) is 5.73 Å². The van der Waals surface area contributed by atoms with E-state index in [9.17, 15) is 4.79 Å². The Morgan fingerprint density at radius 2 is 1.62 bits per heavy atom. The molecule has 96 valence electrons. The summed E-state index contributed by atoms with van der Waals surface area (Å²) in [6, 6.07) is 0. The van der Waals surface area contributed by atoms with Gasteiger partial charge in [0.1, 0.15) is 0 Å². The summed E-state index contributed by atoms with van der Waals surface area (Å²) < 4.78 is 0. The molecule has 0 aromatic heterocycles. The molecule has 0 heterocycles. The van der Waals surface area contributed by atoms with Gasteiger partial charge in [-0.05, 0) is 24.7 Å². The third kappa shape index (κ3) is 2.69. The molecule has 16 heavy (non-hydrogen) atoms. The lowest BCUT2D eigenvalue weighted by atomic mass is 10.0. The van der Waals surface area contributed by atoms with E-state index in [0.717, 1.165) is 0 Å². The largest absolute Gasteiger partial charge is 0.354 e. The lowest BCUT2D eigenvalue weighted by Gasteiger charge is -2.19. The van der Waals surface area contributed by atoms with Crippen LogP contribution in [0.2, 0.25) is 0 Å². The molecule has 1 aliphatic carbocycles. The zero-order valence-electron chi connectivity index (χ0n) is 11.2. The second kappa shape index (κ2) is 4.19. The van der Waals surface area contributed by atoms with Crippen molar-refractivity contribution in [1.29, 1.82) is 0 Å². The molecule has 1 rings (SSSR count). The average Bonchev–Trinajstić information content (AvgIpc) is 2.37. The zero-order chi connectivity index (χ0) is 12.1. The first kappa shape index (κ1) is 15.7. The molecule has 0 bridgehead atoms. The summed E-state index contributed by atoms with van der Waals surface area (Å²) in [4.78, 5) is 11.9. The van der Waals surface area contributed by atoms with Crippen LogP contribution in [0.3, 0.4) is 0 Å². The Balaban J connectivity index is 0.00000225. The van der Waals surface area contributed by atoms with Crippen LogP contribution in [0.25, 0.3) is 0 Å². The molecule has 0 atom stereocenters. The fraction of sp³-hybridized carbons (Fsp3) is 0.917. The quantitative estimate of drug-likeness (QED) is 0.802. The van der Waals surface area contributed by atoms with E-state index in [0.29, 0.717) is 6.54 Å². The summed E-state index contributed by atoms with van der Waals surface area (Å²) in [5.41, 5.74) is 5.70. The number of hydrogen-bond acceptors (Lipinski definition) is 2. The summed E-state index contributed by atoms with van der Waals surface area (Å²) >= 11 is 0. The van der Waals surface area contributed by atoms with Crippen LogP contribution in [-0.4, -0.2) is 18.0 Å². The number of halogens is 1. The van der Waals surface area contributed by atoms with E-state index < -0.39 is 0 Å². The molecule has 0 spiro atoms. The Morgan fingerprint density at radius 3 is 1.88 bits per heavy atom. The Kier molecular flexibility index (Phi) is 4.12. The van der Waals surface area contributed by atoms with Crippen molar-refractivity contribution in [2.45, 2.75) is 47.1 Å². The minimum absolute atomic E-state index is 0. The van der Waals surface area contributed by atoms with E-state index in [1.54, 1.807) is 0 Å². The number of carbonyl (C=O) groups is 1. The Hall–Kier alpha value is -0.280. The molecule has 3 nitrogen and oxygen atoms in total. The van der Waals surface area contributed by atoms with Gasteiger partial charge in [0, 0.05) is 18.0 Å². The van der Waals surface area contributed by atoms with Crippen LogP contribution in [0.1, 0.15) is 41.5 Å². The number of nitrogens with two attached hydrogens (primary N) is 1. The molecular weight excluding hydrogens is 224 g/mol. The van der Waals surface area contributed by atoms with Crippen molar-refractivity contribution in [2.24, 2.45) is 22.5 Å². The van der Waals surface area contributed by atoms with Crippen LogP contribution in [0.4, 0.5) is 0 Å². The van der Waals surface area contributed by atoms with Gasteiger partial charge in [0.15, 0.2) is 0 Å². The summed E-state index contributed by atoms with van der Waals surface area (Å²) in [6.45, 7) is 12.9. The lowest BCUT2D eigenvalue weighted by molar-refractivity contribution is -0.123. The van der Waals surface area contributed by atoms with Gasteiger partial charge in [-0.1, -0.05) is 27.7 Å². The predicted octanol–water partition coefficient (Wildman–Crippen LogP) is 1.94. The Labute approximate surface area is 105 Å². The summed E-state index contributed by atoms with van der Waals surface area (Å²) in [5, 5.41) is 2.93. The molecule has 3 N–H and O–H groups in total. The predicted molar refractivity (Wildman–Crippen MR) is 69.6 cm³/mol. The van der Waals surface area contributed by atoms with Crippen LogP contribution in [-0.2, 0) is 4.79 Å². The van der Waals surface area contributed by atoms with Crippen molar-refractivity contribution in [3.8, 4) is 0 Å². The molecule has 0 aromatic rings. The van der Waals surface area contributed by atoms with Gasteiger partial charge in [-0.3, -0.25) is 4.79 Å². The maximum absolute atomic E-state index is 11.9. The first-order chi connectivity index (χ1) is 6.50. The van der Waals surface area contributed by atoms with Crippen molar-refractivity contribution < 1.29 is 4.79 Å². The summed E-state index contributed by atoms with van der Waals surface area (Å²) in [5.74, 6) is 0.260. The first-order valence-corrected chi connectivity index (χ1v) is 5.57. The normalized spacial score (nSPS) is 22.2. The zero-order valence-corrected chi connectivity index (χ0v) is 12.0. The van der Waals surface area contributed by atoms with Crippen LogP contribution < -0.4 is 11.1 Å². The van der Waals surface area contributed by atoms with Crippen LogP contribution in [0.5, 0.6) is 0 Å². The molecule has 1 fully saturated rings. The highest BCUT2D eigenvalue weighted by atomic mass is 35.5. The van der Waals surface area contributed by atoms with Crippen LogP contribution in [0.15, 0.2) is 0 Å². The van der Waals surface area contributed by atoms with Gasteiger partial charge in [-0.2, -0.15) is 0 Å². The maximum Gasteiger partial charge on any atom is 0.224 e. The van der Waals surface area contributed by atoms with E-state index in [1.807, 2.05) is 13.8 Å². The molecule has 0 aromatic carbocycles. The fourth-order valence-corrected chi connectivity index (χ4v) is 2.27. The van der Waals surface area contributed by atoms with E-state index in [2.05, 4.69) is 33.0 Å². The van der Waals surface area contributed by atoms with E-state index >= 15 is 0 Å². The van der Waals surface area contributed by atoms with Crippen LogP contribution >= 0.6 is 12.4 Å².